The van der Waals surface area contributed by atoms with Gasteiger partial charge in [0, 0.05) is 17.3 Å². The van der Waals surface area contributed by atoms with Crippen LogP contribution in [0.25, 0.3) is 6.08 Å². The van der Waals surface area contributed by atoms with Crippen LogP contribution in [-0.4, -0.2) is 26.4 Å². The molecule has 2 rings (SSSR count). The van der Waals surface area contributed by atoms with Gasteiger partial charge in [0.05, 0.1) is 4.90 Å². The van der Waals surface area contributed by atoms with Crippen molar-refractivity contribution in [2.75, 3.05) is 5.32 Å². The smallest absolute Gasteiger partial charge is 0.331 e. The molecule has 0 spiro atoms. The summed E-state index contributed by atoms with van der Waals surface area (Å²) < 4.78 is 40.8. The average molecular weight is 392 g/mol. The Kier molecular flexibility index (Phi) is 6.43. The molecule has 0 heterocycles. The highest BCUT2D eigenvalue weighted by atomic mass is 32.2. The van der Waals surface area contributed by atoms with Crippen LogP contribution < -0.4 is 10.5 Å². The SMILES string of the molecule is CC(OC(=O)C=Cc1ccccc1F)C(=O)Nc1ccc(S(N)(=O)=O)cc1. The number of amides is 1. The van der Waals surface area contributed by atoms with Crippen LogP contribution in [0.3, 0.4) is 0 Å². The van der Waals surface area contributed by atoms with Crippen molar-refractivity contribution in [3.8, 4) is 0 Å². The van der Waals surface area contributed by atoms with Crippen molar-refractivity contribution in [2.24, 2.45) is 5.14 Å². The summed E-state index contributed by atoms with van der Waals surface area (Å²) in [5, 5.41) is 7.46. The maximum atomic E-state index is 13.5. The quantitative estimate of drug-likeness (QED) is 0.577. The molecule has 0 radical (unpaired) electrons. The van der Waals surface area contributed by atoms with Crippen LogP contribution in [0, 0.1) is 5.82 Å². The first-order valence-corrected chi connectivity index (χ1v) is 9.28. The number of ether oxygens (including phenoxy) is 1. The van der Waals surface area contributed by atoms with E-state index in [1.165, 1.54) is 55.5 Å². The molecule has 2 aromatic rings. The first-order chi connectivity index (χ1) is 12.7. The topological polar surface area (TPSA) is 116 Å². The van der Waals surface area contributed by atoms with Crippen molar-refractivity contribution in [3.63, 3.8) is 0 Å². The summed E-state index contributed by atoms with van der Waals surface area (Å²) in [7, 11) is -3.83. The first-order valence-electron chi connectivity index (χ1n) is 7.74. The van der Waals surface area contributed by atoms with Crippen molar-refractivity contribution in [1.82, 2.24) is 0 Å². The predicted octanol–water partition coefficient (Wildman–Crippen LogP) is 2.06. The minimum Gasteiger partial charge on any atom is -0.449 e. The highest BCUT2D eigenvalue weighted by Crippen LogP contribution is 2.13. The molecule has 0 aliphatic carbocycles. The minimum absolute atomic E-state index is 0.0988. The second kappa shape index (κ2) is 8.56. The van der Waals surface area contributed by atoms with Gasteiger partial charge in [-0.2, -0.15) is 0 Å². The summed E-state index contributed by atoms with van der Waals surface area (Å²) in [5.74, 6) is -1.92. The molecule has 1 atom stereocenters. The molecule has 0 saturated heterocycles. The summed E-state index contributed by atoms with van der Waals surface area (Å²) in [5.41, 5.74) is 0.513. The zero-order chi connectivity index (χ0) is 20.0. The van der Waals surface area contributed by atoms with Crippen LogP contribution in [0.5, 0.6) is 0 Å². The van der Waals surface area contributed by atoms with Gasteiger partial charge in [-0.05, 0) is 43.3 Å². The molecule has 27 heavy (non-hydrogen) atoms. The fraction of sp³-hybridized carbons (Fsp3) is 0.111. The molecule has 142 valence electrons. The molecule has 0 aromatic heterocycles. The third-order valence-electron chi connectivity index (χ3n) is 3.42. The zero-order valence-corrected chi connectivity index (χ0v) is 15.1. The lowest BCUT2D eigenvalue weighted by Crippen LogP contribution is -2.29. The summed E-state index contributed by atoms with van der Waals surface area (Å²) >= 11 is 0. The Labute approximate surface area is 155 Å². The van der Waals surface area contributed by atoms with Crippen molar-refractivity contribution in [2.45, 2.75) is 17.9 Å². The van der Waals surface area contributed by atoms with Gasteiger partial charge < -0.3 is 10.1 Å². The van der Waals surface area contributed by atoms with Gasteiger partial charge in [-0.3, -0.25) is 4.79 Å². The summed E-state index contributed by atoms with van der Waals surface area (Å²) in [6, 6.07) is 11.0. The molecule has 0 aliphatic heterocycles. The first kappa shape index (κ1) is 20.3. The van der Waals surface area contributed by atoms with Crippen molar-refractivity contribution in [3.05, 3.63) is 66.0 Å². The standard InChI is InChI=1S/C18H17FN2O5S/c1-12(26-17(22)11-6-13-4-2-3-5-16(13)19)18(23)21-14-7-9-15(10-8-14)27(20,24)25/h2-12H,1H3,(H,21,23)(H2,20,24,25). The molecule has 2 aromatic carbocycles. The molecule has 1 unspecified atom stereocenters. The van der Waals surface area contributed by atoms with Crippen LogP contribution in [0.15, 0.2) is 59.5 Å². The van der Waals surface area contributed by atoms with E-state index in [1.54, 1.807) is 6.07 Å². The maximum absolute atomic E-state index is 13.5. The highest BCUT2D eigenvalue weighted by Gasteiger charge is 2.17. The van der Waals surface area contributed by atoms with Gasteiger partial charge >= 0.3 is 5.97 Å². The summed E-state index contributed by atoms with van der Waals surface area (Å²) in [6.07, 6.45) is 1.14. The van der Waals surface area contributed by atoms with Gasteiger partial charge in [0.15, 0.2) is 6.10 Å². The normalized spacial score (nSPS) is 12.6. The van der Waals surface area contributed by atoms with E-state index in [4.69, 9.17) is 9.88 Å². The van der Waals surface area contributed by atoms with E-state index in [0.29, 0.717) is 5.69 Å². The Morgan fingerprint density at radius 3 is 2.37 bits per heavy atom. The van der Waals surface area contributed by atoms with E-state index in [2.05, 4.69) is 5.32 Å². The number of carbonyl (C=O) groups is 2. The zero-order valence-electron chi connectivity index (χ0n) is 14.3. The summed E-state index contributed by atoms with van der Waals surface area (Å²) in [4.78, 5) is 23.7. The molecule has 7 nitrogen and oxygen atoms in total. The third kappa shape index (κ3) is 6.01. The number of hydrogen-bond acceptors (Lipinski definition) is 5. The molecule has 0 aliphatic rings. The molecule has 0 saturated carbocycles. The molecule has 0 fully saturated rings. The number of anilines is 1. The predicted molar refractivity (Wildman–Crippen MR) is 97.4 cm³/mol. The van der Waals surface area contributed by atoms with Crippen LogP contribution in [0.2, 0.25) is 0 Å². The highest BCUT2D eigenvalue weighted by molar-refractivity contribution is 7.89. The average Bonchev–Trinajstić information content (AvgIpc) is 2.60. The number of sulfonamides is 1. The largest absolute Gasteiger partial charge is 0.449 e. The molecular formula is C18H17FN2O5S. The number of primary sulfonamides is 1. The summed E-state index contributed by atoms with van der Waals surface area (Å²) in [6.45, 7) is 1.36. The lowest BCUT2D eigenvalue weighted by molar-refractivity contribution is -0.148. The fourth-order valence-electron chi connectivity index (χ4n) is 2.01. The number of nitrogens with one attached hydrogen (secondary N) is 1. The van der Waals surface area contributed by atoms with E-state index in [0.717, 1.165) is 6.08 Å². The maximum Gasteiger partial charge on any atom is 0.331 e. The molecular weight excluding hydrogens is 375 g/mol. The van der Waals surface area contributed by atoms with Crippen molar-refractivity contribution in [1.29, 1.82) is 0 Å². The second-order valence-corrected chi connectivity index (χ2v) is 7.05. The van der Waals surface area contributed by atoms with E-state index >= 15 is 0 Å². The number of esters is 1. The van der Waals surface area contributed by atoms with Gasteiger partial charge in [-0.1, -0.05) is 18.2 Å². The second-order valence-electron chi connectivity index (χ2n) is 5.49. The van der Waals surface area contributed by atoms with E-state index < -0.39 is 33.8 Å². The fourth-order valence-corrected chi connectivity index (χ4v) is 2.52. The Hall–Kier alpha value is -3.04. The van der Waals surface area contributed by atoms with Crippen LogP contribution >= 0.6 is 0 Å². The number of rotatable bonds is 6. The monoisotopic (exact) mass is 392 g/mol. The molecule has 9 heteroatoms. The van der Waals surface area contributed by atoms with Crippen molar-refractivity contribution < 1.29 is 27.1 Å². The Bertz CT molecular complexity index is 972. The Morgan fingerprint density at radius 1 is 1.15 bits per heavy atom. The molecule has 0 bridgehead atoms. The van der Waals surface area contributed by atoms with E-state index in [9.17, 15) is 22.4 Å². The third-order valence-corrected chi connectivity index (χ3v) is 4.35. The van der Waals surface area contributed by atoms with Crippen LogP contribution in [0.1, 0.15) is 12.5 Å². The number of hydrogen-bond donors (Lipinski definition) is 2. The van der Waals surface area contributed by atoms with Crippen LogP contribution in [-0.2, 0) is 24.3 Å². The van der Waals surface area contributed by atoms with E-state index in [-0.39, 0.29) is 10.5 Å². The minimum atomic E-state index is -3.83. The molecule has 1 amide bonds. The van der Waals surface area contributed by atoms with Gasteiger partial charge in [-0.25, -0.2) is 22.7 Å². The number of benzene rings is 2. The lowest BCUT2D eigenvalue weighted by atomic mass is 10.2. The van der Waals surface area contributed by atoms with Gasteiger partial charge in [0.1, 0.15) is 5.82 Å². The lowest BCUT2D eigenvalue weighted by Gasteiger charge is -2.12. The number of halogens is 1. The number of nitrogens with two attached hydrogens (primary N) is 1. The Morgan fingerprint density at radius 2 is 1.78 bits per heavy atom. The molecule has 3 N–H and O–H groups in total. The van der Waals surface area contributed by atoms with Crippen LogP contribution in [0.4, 0.5) is 10.1 Å². The van der Waals surface area contributed by atoms with Crippen molar-refractivity contribution >= 4 is 33.7 Å². The number of carbonyl (C=O) groups excluding carboxylic acids is 2. The van der Waals surface area contributed by atoms with Gasteiger partial charge in [0.25, 0.3) is 5.91 Å². The van der Waals surface area contributed by atoms with Gasteiger partial charge in [-0.15, -0.1) is 0 Å². The Balaban J connectivity index is 1.93. The van der Waals surface area contributed by atoms with Gasteiger partial charge in [0.2, 0.25) is 10.0 Å². The van der Waals surface area contributed by atoms with E-state index in [1.807, 2.05) is 0 Å².